The lowest BCUT2D eigenvalue weighted by Crippen LogP contribution is -2.45. The number of ether oxygens (including phenoxy) is 2. The van der Waals surface area contributed by atoms with E-state index in [1.54, 1.807) is 6.07 Å². The Hall–Kier alpha value is -1.51. The van der Waals surface area contributed by atoms with Crippen molar-refractivity contribution < 1.29 is 27.4 Å². The van der Waals surface area contributed by atoms with Crippen molar-refractivity contribution in [2.24, 2.45) is 0 Å². The van der Waals surface area contributed by atoms with Crippen molar-refractivity contribution >= 4 is 24.0 Å². The summed E-state index contributed by atoms with van der Waals surface area (Å²) in [4.78, 5) is 11.9. The van der Waals surface area contributed by atoms with Crippen molar-refractivity contribution in [3.05, 3.63) is 24.3 Å². The number of hydrogen-bond acceptors (Lipinski definition) is 4. The molecular formula is C13H16ClF3N2O3. The highest BCUT2D eigenvalue weighted by molar-refractivity contribution is 5.94. The van der Waals surface area contributed by atoms with Gasteiger partial charge >= 0.3 is 6.18 Å². The van der Waals surface area contributed by atoms with Crippen molar-refractivity contribution in [3.63, 3.8) is 0 Å². The largest absolute Gasteiger partial charge is 0.484 e. The second kappa shape index (κ2) is 8.21. The molecule has 5 nitrogen and oxygen atoms in total. The predicted molar refractivity (Wildman–Crippen MR) is 76.5 cm³/mol. The summed E-state index contributed by atoms with van der Waals surface area (Å²) in [6.45, 7) is 0.146. The molecule has 1 saturated heterocycles. The first-order chi connectivity index (χ1) is 9.94. The van der Waals surface area contributed by atoms with Crippen LogP contribution in [0.2, 0.25) is 0 Å². The van der Waals surface area contributed by atoms with E-state index in [0.29, 0.717) is 25.4 Å². The summed E-state index contributed by atoms with van der Waals surface area (Å²) in [7, 11) is 0. The number of halogens is 4. The molecule has 2 N–H and O–H groups in total. The summed E-state index contributed by atoms with van der Waals surface area (Å²) in [5.74, 6) is -0.317. The van der Waals surface area contributed by atoms with Crippen molar-refractivity contribution in [1.29, 1.82) is 0 Å². The van der Waals surface area contributed by atoms with Gasteiger partial charge in [0, 0.05) is 24.8 Å². The number of alkyl halides is 3. The first-order valence-electron chi connectivity index (χ1n) is 6.37. The summed E-state index contributed by atoms with van der Waals surface area (Å²) < 4.78 is 46.1. The molecule has 1 amide bonds. The minimum Gasteiger partial charge on any atom is -0.484 e. The molecule has 124 valence electrons. The molecule has 22 heavy (non-hydrogen) atoms. The number of morpholine rings is 1. The van der Waals surface area contributed by atoms with Crippen LogP contribution in [0.3, 0.4) is 0 Å². The lowest BCUT2D eigenvalue weighted by molar-refractivity contribution is -0.153. The van der Waals surface area contributed by atoms with Crippen LogP contribution >= 0.6 is 12.4 Å². The van der Waals surface area contributed by atoms with Crippen LogP contribution in [0.1, 0.15) is 0 Å². The molecule has 1 aromatic carbocycles. The van der Waals surface area contributed by atoms with Gasteiger partial charge in [0.15, 0.2) is 6.61 Å². The highest BCUT2D eigenvalue weighted by Crippen LogP contribution is 2.21. The first kappa shape index (κ1) is 18.5. The minimum absolute atomic E-state index is 0. The molecule has 1 atom stereocenters. The lowest BCUT2D eigenvalue weighted by atomic mass is 10.2. The molecule has 1 aliphatic heterocycles. The van der Waals surface area contributed by atoms with E-state index < -0.39 is 18.9 Å². The van der Waals surface area contributed by atoms with Gasteiger partial charge in [-0.05, 0) is 12.1 Å². The fourth-order valence-corrected chi connectivity index (χ4v) is 1.79. The average Bonchev–Trinajstić information content (AvgIpc) is 2.46. The molecule has 9 heteroatoms. The Morgan fingerprint density at radius 2 is 2.23 bits per heavy atom. The number of benzene rings is 1. The summed E-state index contributed by atoms with van der Waals surface area (Å²) in [5.41, 5.74) is 0.355. The maximum absolute atomic E-state index is 12.1. The Morgan fingerprint density at radius 1 is 1.45 bits per heavy atom. The van der Waals surface area contributed by atoms with Gasteiger partial charge in [-0.1, -0.05) is 6.07 Å². The summed E-state index contributed by atoms with van der Waals surface area (Å²) in [6.07, 6.45) is -5.01. The molecule has 1 aromatic rings. The van der Waals surface area contributed by atoms with Crippen LogP contribution in [-0.2, 0) is 9.53 Å². The molecule has 0 saturated carbocycles. The van der Waals surface area contributed by atoms with E-state index in [2.05, 4.69) is 15.4 Å². The minimum atomic E-state index is -4.40. The highest BCUT2D eigenvalue weighted by Gasteiger charge is 2.28. The van der Waals surface area contributed by atoms with E-state index in [1.807, 2.05) is 0 Å². The smallest absolute Gasteiger partial charge is 0.422 e. The third-order valence-electron chi connectivity index (χ3n) is 2.72. The fraction of sp³-hybridized carbons (Fsp3) is 0.462. The van der Waals surface area contributed by atoms with Gasteiger partial charge in [0.1, 0.15) is 11.9 Å². The molecule has 1 unspecified atom stereocenters. The second-order valence-corrected chi connectivity index (χ2v) is 4.48. The molecule has 0 bridgehead atoms. The van der Waals surface area contributed by atoms with E-state index >= 15 is 0 Å². The Kier molecular flexibility index (Phi) is 6.92. The number of nitrogens with one attached hydrogen (secondary N) is 2. The van der Waals surface area contributed by atoms with Gasteiger partial charge in [-0.2, -0.15) is 13.2 Å². The molecule has 2 rings (SSSR count). The zero-order valence-electron chi connectivity index (χ0n) is 11.5. The van der Waals surface area contributed by atoms with Gasteiger partial charge in [-0.3, -0.25) is 4.79 Å². The quantitative estimate of drug-likeness (QED) is 0.880. The van der Waals surface area contributed by atoms with Crippen LogP contribution < -0.4 is 15.4 Å². The Balaban J connectivity index is 0.00000242. The molecule has 1 aliphatic rings. The number of amides is 1. The normalized spacial score (nSPS) is 18.2. The molecule has 0 radical (unpaired) electrons. The maximum Gasteiger partial charge on any atom is 0.422 e. The monoisotopic (exact) mass is 340 g/mol. The number of carbonyl (C=O) groups excluding carboxylic acids is 1. The van der Waals surface area contributed by atoms with Gasteiger partial charge in [-0.25, -0.2) is 0 Å². The molecule has 0 spiro atoms. The van der Waals surface area contributed by atoms with Gasteiger partial charge in [0.2, 0.25) is 0 Å². The topological polar surface area (TPSA) is 59.6 Å². The molecule has 0 aromatic heterocycles. The van der Waals surface area contributed by atoms with E-state index in [1.165, 1.54) is 18.2 Å². The molecular weight excluding hydrogens is 325 g/mol. The van der Waals surface area contributed by atoms with Crippen LogP contribution in [0, 0.1) is 0 Å². The fourth-order valence-electron chi connectivity index (χ4n) is 1.79. The second-order valence-electron chi connectivity index (χ2n) is 4.48. The van der Waals surface area contributed by atoms with Crippen LogP contribution in [0.5, 0.6) is 5.75 Å². The van der Waals surface area contributed by atoms with Crippen molar-refractivity contribution in [2.45, 2.75) is 12.3 Å². The number of hydrogen-bond donors (Lipinski definition) is 2. The number of carbonyl (C=O) groups is 1. The maximum atomic E-state index is 12.1. The Bertz CT molecular complexity index is 494. The van der Waals surface area contributed by atoms with E-state index in [-0.39, 0.29) is 24.1 Å². The SMILES string of the molecule is Cl.O=C(Nc1cccc(OCC(F)(F)F)c1)C1CNCCO1. The average molecular weight is 341 g/mol. The Labute approximate surface area is 131 Å². The molecule has 1 fully saturated rings. The van der Waals surface area contributed by atoms with Crippen molar-refractivity contribution in [3.8, 4) is 5.75 Å². The van der Waals surface area contributed by atoms with Gasteiger partial charge in [0.25, 0.3) is 5.91 Å². The number of anilines is 1. The van der Waals surface area contributed by atoms with E-state index in [9.17, 15) is 18.0 Å². The van der Waals surface area contributed by atoms with Gasteiger partial charge in [0.05, 0.1) is 6.61 Å². The standard InChI is InChI=1S/C13H15F3N2O3.ClH/c14-13(15,16)8-21-10-3-1-2-9(6-10)18-12(19)11-7-17-4-5-20-11;/h1-3,6,11,17H,4-5,7-8H2,(H,18,19);1H. The van der Waals surface area contributed by atoms with Crippen molar-refractivity contribution in [2.75, 3.05) is 31.6 Å². The lowest BCUT2D eigenvalue weighted by Gasteiger charge is -2.22. The van der Waals surface area contributed by atoms with Crippen LogP contribution in [0.15, 0.2) is 24.3 Å². The third-order valence-corrected chi connectivity index (χ3v) is 2.72. The van der Waals surface area contributed by atoms with E-state index in [0.717, 1.165) is 0 Å². The zero-order valence-corrected chi connectivity index (χ0v) is 12.3. The van der Waals surface area contributed by atoms with Gasteiger partial charge in [-0.15, -0.1) is 12.4 Å². The Morgan fingerprint density at radius 3 is 2.86 bits per heavy atom. The van der Waals surface area contributed by atoms with Gasteiger partial charge < -0.3 is 20.1 Å². The summed E-state index contributed by atoms with van der Waals surface area (Å²) in [5, 5.41) is 5.60. The van der Waals surface area contributed by atoms with E-state index in [4.69, 9.17) is 4.74 Å². The predicted octanol–water partition coefficient (Wildman–Crippen LogP) is 1.98. The third kappa shape index (κ3) is 6.08. The first-order valence-corrected chi connectivity index (χ1v) is 6.37. The molecule has 1 heterocycles. The van der Waals surface area contributed by atoms with Crippen LogP contribution in [-0.4, -0.2) is 44.5 Å². The number of rotatable bonds is 4. The van der Waals surface area contributed by atoms with Crippen LogP contribution in [0.4, 0.5) is 18.9 Å². The van der Waals surface area contributed by atoms with Crippen LogP contribution in [0.25, 0.3) is 0 Å². The highest BCUT2D eigenvalue weighted by atomic mass is 35.5. The summed E-state index contributed by atoms with van der Waals surface area (Å²) >= 11 is 0. The zero-order chi connectivity index (χ0) is 15.3. The molecule has 0 aliphatic carbocycles. The van der Waals surface area contributed by atoms with Crippen molar-refractivity contribution in [1.82, 2.24) is 5.32 Å². The summed E-state index contributed by atoms with van der Waals surface area (Å²) in [6, 6.07) is 5.79.